The molecule has 0 aromatic heterocycles. The second kappa shape index (κ2) is 6.94. The molecule has 0 saturated carbocycles. The highest BCUT2D eigenvalue weighted by Gasteiger charge is 2.14. The van der Waals surface area contributed by atoms with Gasteiger partial charge in [0.15, 0.2) is 0 Å². The molecule has 22 heavy (non-hydrogen) atoms. The molecule has 5 heteroatoms. The van der Waals surface area contributed by atoms with E-state index < -0.39 is 10.1 Å². The van der Waals surface area contributed by atoms with Crippen molar-refractivity contribution in [2.45, 2.75) is 25.7 Å². The molecule has 118 valence electrons. The molecule has 0 fully saturated rings. The smallest absolute Gasteiger partial charge is 0.297 e. The van der Waals surface area contributed by atoms with Crippen LogP contribution < -0.4 is 4.74 Å². The van der Waals surface area contributed by atoms with Gasteiger partial charge in [0, 0.05) is 0 Å². The molecular formula is C17H20O4S. The molecule has 0 aliphatic rings. The molecule has 4 nitrogen and oxygen atoms in total. The average Bonchev–Trinajstić information content (AvgIpc) is 2.48. The Morgan fingerprint density at radius 2 is 1.59 bits per heavy atom. The highest BCUT2D eigenvalue weighted by Crippen LogP contribution is 2.20. The van der Waals surface area contributed by atoms with Crippen molar-refractivity contribution in [3.8, 4) is 5.75 Å². The van der Waals surface area contributed by atoms with E-state index in [9.17, 15) is 8.42 Å². The summed E-state index contributed by atoms with van der Waals surface area (Å²) in [6.45, 7) is 6.02. The quantitative estimate of drug-likeness (QED) is 0.605. The summed E-state index contributed by atoms with van der Waals surface area (Å²) in [6.07, 6.45) is 0. The van der Waals surface area contributed by atoms with Gasteiger partial charge in [0.1, 0.15) is 19.0 Å². The molecule has 2 aromatic rings. The Bertz CT molecular complexity index is 734. The molecule has 2 rings (SSSR count). The maximum absolute atomic E-state index is 12.0. The average molecular weight is 320 g/mol. The van der Waals surface area contributed by atoms with Crippen LogP contribution in [-0.2, 0) is 14.3 Å². The number of aryl methyl sites for hydroxylation is 2. The van der Waals surface area contributed by atoms with Crippen LogP contribution in [0.5, 0.6) is 5.75 Å². The van der Waals surface area contributed by atoms with Gasteiger partial charge >= 0.3 is 0 Å². The standard InChI is InChI=1S/C17H20O4S/c1-13-7-9-16(10-8-13)22(18,19)21-12-11-20-17-6-4-5-14(2)15(17)3/h4-10H,11-12H2,1-3H3. The van der Waals surface area contributed by atoms with E-state index in [2.05, 4.69) is 0 Å². The lowest BCUT2D eigenvalue weighted by molar-refractivity contribution is 0.220. The SMILES string of the molecule is Cc1ccc(S(=O)(=O)OCCOc2cccc(C)c2C)cc1. The Balaban J connectivity index is 1.90. The summed E-state index contributed by atoms with van der Waals surface area (Å²) >= 11 is 0. The van der Waals surface area contributed by atoms with Crippen molar-refractivity contribution >= 4 is 10.1 Å². The van der Waals surface area contributed by atoms with E-state index >= 15 is 0 Å². The monoisotopic (exact) mass is 320 g/mol. The molecule has 0 saturated heterocycles. The minimum Gasteiger partial charge on any atom is -0.491 e. The van der Waals surface area contributed by atoms with E-state index in [0.29, 0.717) is 0 Å². The molecule has 2 aromatic carbocycles. The fraction of sp³-hybridized carbons (Fsp3) is 0.294. The molecule has 0 N–H and O–H groups in total. The highest BCUT2D eigenvalue weighted by molar-refractivity contribution is 7.86. The summed E-state index contributed by atoms with van der Waals surface area (Å²) in [5, 5.41) is 0. The summed E-state index contributed by atoms with van der Waals surface area (Å²) in [4.78, 5) is 0.157. The van der Waals surface area contributed by atoms with Crippen LogP contribution in [0.4, 0.5) is 0 Å². The van der Waals surface area contributed by atoms with Crippen LogP contribution in [0.2, 0.25) is 0 Å². The molecule has 0 spiro atoms. The number of hydrogen-bond donors (Lipinski definition) is 0. The normalized spacial score (nSPS) is 11.4. The van der Waals surface area contributed by atoms with Gasteiger partial charge in [0.05, 0.1) is 4.90 Å². The molecule has 0 radical (unpaired) electrons. The molecule has 0 unspecified atom stereocenters. The lowest BCUT2D eigenvalue weighted by Crippen LogP contribution is -2.13. The van der Waals surface area contributed by atoms with Gasteiger partial charge in [-0.1, -0.05) is 29.8 Å². The topological polar surface area (TPSA) is 52.6 Å². The van der Waals surface area contributed by atoms with Gasteiger partial charge in [0.2, 0.25) is 0 Å². The van der Waals surface area contributed by atoms with Crippen LogP contribution in [0.25, 0.3) is 0 Å². The van der Waals surface area contributed by atoms with Crippen molar-refractivity contribution in [2.24, 2.45) is 0 Å². The minimum absolute atomic E-state index is 0.0242. The van der Waals surface area contributed by atoms with Gasteiger partial charge in [0.25, 0.3) is 10.1 Å². The van der Waals surface area contributed by atoms with Gasteiger partial charge in [-0.3, -0.25) is 4.18 Å². The van der Waals surface area contributed by atoms with Crippen LogP contribution in [0.1, 0.15) is 16.7 Å². The molecule has 0 aliphatic heterocycles. The van der Waals surface area contributed by atoms with Crippen molar-refractivity contribution in [3.05, 3.63) is 59.2 Å². The van der Waals surface area contributed by atoms with Crippen LogP contribution >= 0.6 is 0 Å². The second-order valence-electron chi connectivity index (χ2n) is 5.14. The fourth-order valence-electron chi connectivity index (χ4n) is 1.95. The molecule has 0 aliphatic carbocycles. The summed E-state index contributed by atoms with van der Waals surface area (Å²) in [5.74, 6) is 0.747. The van der Waals surface area contributed by atoms with Gasteiger partial charge in [-0.25, -0.2) is 0 Å². The lowest BCUT2D eigenvalue weighted by Gasteiger charge is -2.11. The molecule has 0 amide bonds. The van der Waals surface area contributed by atoms with Gasteiger partial charge in [-0.2, -0.15) is 8.42 Å². The Kier molecular flexibility index (Phi) is 5.21. The summed E-state index contributed by atoms with van der Waals surface area (Å²) < 4.78 is 34.6. The van der Waals surface area contributed by atoms with Crippen LogP contribution in [0, 0.1) is 20.8 Å². The van der Waals surface area contributed by atoms with Crippen LogP contribution in [-0.4, -0.2) is 21.6 Å². The lowest BCUT2D eigenvalue weighted by atomic mass is 10.1. The molecule has 0 heterocycles. The van der Waals surface area contributed by atoms with E-state index in [1.54, 1.807) is 12.1 Å². The zero-order valence-electron chi connectivity index (χ0n) is 13.0. The zero-order valence-corrected chi connectivity index (χ0v) is 13.8. The van der Waals surface area contributed by atoms with Gasteiger partial charge in [-0.05, 0) is 50.1 Å². The van der Waals surface area contributed by atoms with E-state index in [4.69, 9.17) is 8.92 Å². The van der Waals surface area contributed by atoms with Crippen molar-refractivity contribution in [3.63, 3.8) is 0 Å². The van der Waals surface area contributed by atoms with Crippen LogP contribution in [0.3, 0.4) is 0 Å². The minimum atomic E-state index is -3.73. The van der Waals surface area contributed by atoms with Crippen molar-refractivity contribution in [1.82, 2.24) is 0 Å². The maximum Gasteiger partial charge on any atom is 0.297 e. The number of rotatable bonds is 6. The first-order valence-corrected chi connectivity index (χ1v) is 8.46. The van der Waals surface area contributed by atoms with Gasteiger partial charge in [-0.15, -0.1) is 0 Å². The number of ether oxygens (including phenoxy) is 1. The zero-order chi connectivity index (χ0) is 16.2. The molecule has 0 bridgehead atoms. The van der Waals surface area contributed by atoms with Crippen molar-refractivity contribution in [2.75, 3.05) is 13.2 Å². The largest absolute Gasteiger partial charge is 0.491 e. The molecular weight excluding hydrogens is 300 g/mol. The first kappa shape index (κ1) is 16.5. The molecule has 0 atom stereocenters. The van der Waals surface area contributed by atoms with Crippen molar-refractivity contribution in [1.29, 1.82) is 0 Å². The third-order valence-corrected chi connectivity index (χ3v) is 4.77. The van der Waals surface area contributed by atoms with E-state index in [1.807, 2.05) is 39.0 Å². The Morgan fingerprint density at radius 3 is 2.27 bits per heavy atom. The van der Waals surface area contributed by atoms with Gasteiger partial charge < -0.3 is 4.74 Å². The third kappa shape index (κ3) is 4.08. The summed E-state index contributed by atoms with van der Waals surface area (Å²) in [7, 11) is -3.73. The fourth-order valence-corrected chi connectivity index (χ4v) is 2.84. The second-order valence-corrected chi connectivity index (χ2v) is 6.75. The third-order valence-electron chi connectivity index (χ3n) is 3.44. The van der Waals surface area contributed by atoms with E-state index in [1.165, 1.54) is 12.1 Å². The Labute approximate surface area is 131 Å². The number of hydrogen-bond acceptors (Lipinski definition) is 4. The highest BCUT2D eigenvalue weighted by atomic mass is 32.2. The number of benzene rings is 2. The predicted molar refractivity (Wildman–Crippen MR) is 85.7 cm³/mol. The summed E-state index contributed by atoms with van der Waals surface area (Å²) in [5.41, 5.74) is 3.17. The van der Waals surface area contributed by atoms with E-state index in [-0.39, 0.29) is 18.1 Å². The summed E-state index contributed by atoms with van der Waals surface area (Å²) in [6, 6.07) is 12.3. The Morgan fingerprint density at radius 1 is 0.909 bits per heavy atom. The Hall–Kier alpha value is -1.85. The van der Waals surface area contributed by atoms with Crippen molar-refractivity contribution < 1.29 is 17.3 Å². The van der Waals surface area contributed by atoms with E-state index in [0.717, 1.165) is 22.4 Å². The maximum atomic E-state index is 12.0. The van der Waals surface area contributed by atoms with Crippen LogP contribution in [0.15, 0.2) is 47.4 Å². The predicted octanol–water partition coefficient (Wildman–Crippen LogP) is 3.40. The first-order chi connectivity index (χ1) is 10.4. The first-order valence-electron chi connectivity index (χ1n) is 7.05.